The number of hydrogen-bond donors (Lipinski definition) is 2. The summed E-state index contributed by atoms with van der Waals surface area (Å²) in [5.74, 6) is 0. The van der Waals surface area contributed by atoms with E-state index in [4.69, 9.17) is 17.3 Å². The summed E-state index contributed by atoms with van der Waals surface area (Å²) >= 11 is 7.28. The number of sulfonamides is 1. The van der Waals surface area contributed by atoms with Crippen LogP contribution in [0.5, 0.6) is 0 Å². The molecule has 2 rings (SSSR count). The minimum absolute atomic E-state index is 0.0164. The first-order chi connectivity index (χ1) is 9.42. The molecule has 0 unspecified atom stereocenters. The summed E-state index contributed by atoms with van der Waals surface area (Å²) in [6.07, 6.45) is 2.63. The summed E-state index contributed by atoms with van der Waals surface area (Å²) < 4.78 is 26.8. The van der Waals surface area contributed by atoms with Crippen molar-refractivity contribution in [1.29, 1.82) is 0 Å². The zero-order valence-corrected chi connectivity index (χ0v) is 13.1. The van der Waals surface area contributed by atoms with Crippen LogP contribution in [-0.4, -0.2) is 13.4 Å². The van der Waals surface area contributed by atoms with E-state index in [0.717, 1.165) is 11.3 Å². The lowest BCUT2D eigenvalue weighted by molar-refractivity contribution is 0.581. The zero-order chi connectivity index (χ0) is 14.8. The Labute approximate surface area is 126 Å². The predicted octanol–water partition coefficient (Wildman–Crippen LogP) is 2.42. The van der Waals surface area contributed by atoms with E-state index in [-0.39, 0.29) is 17.1 Å². The van der Waals surface area contributed by atoms with Gasteiger partial charge in [-0.1, -0.05) is 18.5 Å². The Kier molecular flexibility index (Phi) is 4.64. The third-order valence-electron chi connectivity index (χ3n) is 2.63. The van der Waals surface area contributed by atoms with Crippen molar-refractivity contribution in [3.63, 3.8) is 0 Å². The summed E-state index contributed by atoms with van der Waals surface area (Å²) in [5, 5.41) is 1.04. The first-order valence-electron chi connectivity index (χ1n) is 5.90. The summed E-state index contributed by atoms with van der Waals surface area (Å²) in [4.78, 5) is 5.25. The van der Waals surface area contributed by atoms with Gasteiger partial charge >= 0.3 is 0 Å². The van der Waals surface area contributed by atoms with Gasteiger partial charge in [0.25, 0.3) is 0 Å². The highest BCUT2D eigenvalue weighted by molar-refractivity contribution is 7.89. The Balaban J connectivity index is 2.17. The topological polar surface area (TPSA) is 85.1 Å². The van der Waals surface area contributed by atoms with Crippen LogP contribution in [0.1, 0.15) is 16.8 Å². The van der Waals surface area contributed by atoms with E-state index in [1.165, 1.54) is 23.5 Å². The van der Waals surface area contributed by atoms with Gasteiger partial charge in [-0.05, 0) is 24.6 Å². The Hall–Kier alpha value is -1.15. The summed E-state index contributed by atoms with van der Waals surface area (Å²) in [7, 11) is -3.70. The van der Waals surface area contributed by atoms with Crippen LogP contribution >= 0.6 is 22.9 Å². The fraction of sp³-hybridized carbons (Fsp3) is 0.250. The Bertz CT molecular complexity index is 713. The fourth-order valence-corrected chi connectivity index (χ4v) is 3.84. The first kappa shape index (κ1) is 15.2. The molecular weight excluding hydrogens is 318 g/mol. The summed E-state index contributed by atoms with van der Waals surface area (Å²) in [5.41, 5.74) is 5.84. The lowest BCUT2D eigenvalue weighted by atomic mass is 10.3. The van der Waals surface area contributed by atoms with Gasteiger partial charge in [0.05, 0.1) is 12.2 Å². The summed E-state index contributed by atoms with van der Waals surface area (Å²) in [6, 6.07) is 4.35. The number of anilines is 1. The van der Waals surface area contributed by atoms with Gasteiger partial charge < -0.3 is 5.73 Å². The molecule has 0 fully saturated rings. The number of aryl methyl sites for hydroxylation is 1. The molecule has 1 aromatic heterocycles. The van der Waals surface area contributed by atoms with Crippen LogP contribution in [0.4, 0.5) is 5.69 Å². The minimum Gasteiger partial charge on any atom is -0.398 e. The van der Waals surface area contributed by atoms with E-state index in [1.54, 1.807) is 12.3 Å². The molecule has 1 aromatic carbocycles. The van der Waals surface area contributed by atoms with Gasteiger partial charge in [0, 0.05) is 16.1 Å². The van der Waals surface area contributed by atoms with Crippen molar-refractivity contribution in [3.05, 3.63) is 39.3 Å². The molecule has 0 saturated heterocycles. The molecule has 2 aromatic rings. The molecule has 0 saturated carbocycles. The number of aromatic nitrogens is 1. The van der Waals surface area contributed by atoms with Crippen molar-refractivity contribution in [1.82, 2.24) is 9.71 Å². The Morgan fingerprint density at radius 2 is 2.20 bits per heavy atom. The molecule has 20 heavy (non-hydrogen) atoms. The third-order valence-corrected chi connectivity index (χ3v) is 5.46. The predicted molar refractivity (Wildman–Crippen MR) is 81.4 cm³/mol. The van der Waals surface area contributed by atoms with Gasteiger partial charge in [-0.2, -0.15) is 0 Å². The number of rotatable bonds is 5. The van der Waals surface area contributed by atoms with Crippen molar-refractivity contribution in [3.8, 4) is 0 Å². The Morgan fingerprint density at radius 3 is 2.85 bits per heavy atom. The van der Waals surface area contributed by atoms with E-state index in [0.29, 0.717) is 10.0 Å². The van der Waals surface area contributed by atoms with Crippen molar-refractivity contribution in [2.45, 2.75) is 24.8 Å². The molecule has 0 amide bonds. The minimum atomic E-state index is -3.70. The number of nitrogens with one attached hydrogen (secondary N) is 1. The molecule has 0 aliphatic rings. The van der Waals surface area contributed by atoms with E-state index in [1.807, 2.05) is 6.92 Å². The number of thiazole rings is 1. The lowest BCUT2D eigenvalue weighted by Gasteiger charge is -2.08. The smallest absolute Gasteiger partial charge is 0.243 e. The fourth-order valence-electron chi connectivity index (χ4n) is 1.57. The van der Waals surface area contributed by atoms with E-state index in [9.17, 15) is 8.42 Å². The van der Waals surface area contributed by atoms with Gasteiger partial charge in [0.1, 0.15) is 9.90 Å². The van der Waals surface area contributed by atoms with Crippen molar-refractivity contribution < 1.29 is 8.42 Å². The molecule has 3 N–H and O–H groups in total. The van der Waals surface area contributed by atoms with E-state index >= 15 is 0 Å². The number of nitrogens with two attached hydrogens (primary N) is 1. The van der Waals surface area contributed by atoms with Gasteiger partial charge in [-0.25, -0.2) is 18.1 Å². The molecule has 0 aliphatic heterocycles. The second kappa shape index (κ2) is 6.09. The van der Waals surface area contributed by atoms with Crippen molar-refractivity contribution in [2.24, 2.45) is 0 Å². The molecule has 8 heteroatoms. The normalized spacial score (nSPS) is 11.7. The van der Waals surface area contributed by atoms with E-state index in [2.05, 4.69) is 9.71 Å². The largest absolute Gasteiger partial charge is 0.398 e. The maximum atomic E-state index is 12.2. The number of benzene rings is 1. The molecule has 0 atom stereocenters. The Morgan fingerprint density at radius 1 is 1.45 bits per heavy atom. The van der Waals surface area contributed by atoms with Crippen LogP contribution in [-0.2, 0) is 23.0 Å². The van der Waals surface area contributed by atoms with Crippen LogP contribution in [0.3, 0.4) is 0 Å². The van der Waals surface area contributed by atoms with E-state index < -0.39 is 10.0 Å². The molecule has 0 radical (unpaired) electrons. The molecule has 5 nitrogen and oxygen atoms in total. The number of nitrogens with zero attached hydrogens (tertiary/aromatic N) is 1. The van der Waals surface area contributed by atoms with Crippen LogP contribution in [0.25, 0.3) is 0 Å². The molecule has 0 bridgehead atoms. The highest BCUT2D eigenvalue weighted by atomic mass is 35.5. The van der Waals surface area contributed by atoms with Gasteiger partial charge in [0.2, 0.25) is 10.0 Å². The third kappa shape index (κ3) is 3.49. The van der Waals surface area contributed by atoms with Crippen LogP contribution in [0, 0.1) is 0 Å². The monoisotopic (exact) mass is 331 g/mol. The number of nitrogen functional groups attached to an aromatic ring is 1. The molecule has 0 aliphatic carbocycles. The first-order valence-corrected chi connectivity index (χ1v) is 8.58. The van der Waals surface area contributed by atoms with Crippen LogP contribution in [0.2, 0.25) is 5.02 Å². The van der Waals surface area contributed by atoms with Crippen LogP contribution in [0.15, 0.2) is 29.3 Å². The van der Waals surface area contributed by atoms with Crippen LogP contribution < -0.4 is 10.5 Å². The average molecular weight is 332 g/mol. The maximum absolute atomic E-state index is 12.2. The number of halogens is 1. The lowest BCUT2D eigenvalue weighted by Crippen LogP contribution is -2.24. The van der Waals surface area contributed by atoms with Gasteiger partial charge in [0.15, 0.2) is 0 Å². The molecular formula is C12H14ClN3O2S2. The highest BCUT2D eigenvalue weighted by Gasteiger charge is 2.18. The van der Waals surface area contributed by atoms with Gasteiger partial charge in [-0.3, -0.25) is 0 Å². The number of hydrogen-bond acceptors (Lipinski definition) is 5. The standard InChI is InChI=1S/C12H14ClN3O2S2/c1-2-9-6-15-12(19-9)7-16-20(17,18)11-5-8(13)3-4-10(11)14/h3-6,16H,2,7,14H2,1H3. The molecule has 108 valence electrons. The summed E-state index contributed by atoms with van der Waals surface area (Å²) in [6.45, 7) is 2.16. The van der Waals surface area contributed by atoms with Crippen molar-refractivity contribution in [2.75, 3.05) is 5.73 Å². The van der Waals surface area contributed by atoms with Crippen molar-refractivity contribution >= 4 is 38.6 Å². The quantitative estimate of drug-likeness (QED) is 0.824. The second-order valence-electron chi connectivity index (χ2n) is 4.08. The SMILES string of the molecule is CCc1cnc(CNS(=O)(=O)c2cc(Cl)ccc2N)s1. The highest BCUT2D eigenvalue weighted by Crippen LogP contribution is 2.23. The molecule has 0 spiro atoms. The molecule has 1 heterocycles. The van der Waals surface area contributed by atoms with Gasteiger partial charge in [-0.15, -0.1) is 11.3 Å². The second-order valence-corrected chi connectivity index (χ2v) is 7.45. The average Bonchev–Trinajstić information content (AvgIpc) is 2.87. The maximum Gasteiger partial charge on any atom is 0.243 e. The zero-order valence-electron chi connectivity index (χ0n) is 10.8.